The summed E-state index contributed by atoms with van der Waals surface area (Å²) in [6.45, 7) is 4.95. The van der Waals surface area contributed by atoms with Crippen LogP contribution in [-0.4, -0.2) is 13.3 Å². The van der Waals surface area contributed by atoms with E-state index in [1.165, 1.54) is 0 Å². The Kier molecular flexibility index (Phi) is 2.78. The number of hydrogen-bond acceptors (Lipinski definition) is 4. The molecule has 2 rings (SSSR count). The lowest BCUT2D eigenvalue weighted by Gasteiger charge is -2.30. The first-order chi connectivity index (χ1) is 7.54. The molecule has 0 saturated heterocycles. The van der Waals surface area contributed by atoms with Crippen LogP contribution in [0.3, 0.4) is 0 Å². The van der Waals surface area contributed by atoms with Crippen molar-refractivity contribution in [3.05, 3.63) is 23.8 Å². The first-order valence-electron chi connectivity index (χ1n) is 5.40. The first-order valence-corrected chi connectivity index (χ1v) is 5.40. The Morgan fingerprint density at radius 1 is 1.31 bits per heavy atom. The van der Waals surface area contributed by atoms with E-state index >= 15 is 0 Å². The Bertz CT molecular complexity index is 391. The summed E-state index contributed by atoms with van der Waals surface area (Å²) in [5.41, 5.74) is 12.8. The van der Waals surface area contributed by atoms with Gasteiger partial charge in [-0.2, -0.15) is 0 Å². The predicted molar refractivity (Wildman–Crippen MR) is 62.3 cm³/mol. The van der Waals surface area contributed by atoms with Gasteiger partial charge in [-0.3, -0.25) is 0 Å². The van der Waals surface area contributed by atoms with Crippen LogP contribution >= 0.6 is 0 Å². The lowest BCUT2D eigenvalue weighted by atomic mass is 9.81. The smallest absolute Gasteiger partial charge is 0.231 e. The number of rotatable bonds is 3. The minimum absolute atomic E-state index is 0.105. The standard InChI is InChI=1S/C12H18N2O2/c1-12(2,6-13)11(14)8-3-4-9-10(5-8)16-7-15-9/h3-5,11H,6-7,13-14H2,1-2H3. The Hall–Kier alpha value is -1.26. The maximum absolute atomic E-state index is 6.20. The number of benzene rings is 1. The molecule has 0 aliphatic carbocycles. The van der Waals surface area contributed by atoms with Gasteiger partial charge in [-0.15, -0.1) is 0 Å². The maximum Gasteiger partial charge on any atom is 0.231 e. The van der Waals surface area contributed by atoms with Crippen molar-refractivity contribution in [1.82, 2.24) is 0 Å². The molecule has 1 aliphatic heterocycles. The molecule has 1 atom stereocenters. The summed E-state index contributed by atoms with van der Waals surface area (Å²) in [7, 11) is 0. The van der Waals surface area contributed by atoms with E-state index in [-0.39, 0.29) is 18.2 Å². The molecule has 1 aliphatic rings. The Morgan fingerprint density at radius 3 is 2.69 bits per heavy atom. The summed E-state index contributed by atoms with van der Waals surface area (Å²) in [5, 5.41) is 0. The van der Waals surface area contributed by atoms with Gasteiger partial charge < -0.3 is 20.9 Å². The zero-order valence-electron chi connectivity index (χ0n) is 9.69. The monoisotopic (exact) mass is 222 g/mol. The fraction of sp³-hybridized carbons (Fsp3) is 0.500. The summed E-state index contributed by atoms with van der Waals surface area (Å²) < 4.78 is 10.6. The number of fused-ring (bicyclic) bond motifs is 1. The van der Waals surface area contributed by atoms with Crippen LogP contribution in [0.25, 0.3) is 0 Å². The van der Waals surface area contributed by atoms with E-state index in [0.29, 0.717) is 6.54 Å². The summed E-state index contributed by atoms with van der Waals surface area (Å²) >= 11 is 0. The summed E-state index contributed by atoms with van der Waals surface area (Å²) in [4.78, 5) is 0. The van der Waals surface area contributed by atoms with Gasteiger partial charge in [0.15, 0.2) is 11.5 Å². The third-order valence-corrected chi connectivity index (χ3v) is 3.12. The van der Waals surface area contributed by atoms with Crippen LogP contribution in [0.5, 0.6) is 11.5 Å². The minimum Gasteiger partial charge on any atom is -0.454 e. The van der Waals surface area contributed by atoms with Crippen molar-refractivity contribution >= 4 is 0 Å². The van der Waals surface area contributed by atoms with Crippen LogP contribution in [0.15, 0.2) is 18.2 Å². The quantitative estimate of drug-likeness (QED) is 0.811. The van der Waals surface area contributed by atoms with Crippen molar-refractivity contribution in [3.8, 4) is 11.5 Å². The average molecular weight is 222 g/mol. The van der Waals surface area contributed by atoms with Gasteiger partial charge in [0.05, 0.1) is 0 Å². The first kappa shape index (κ1) is 11.2. The van der Waals surface area contributed by atoms with Crippen LogP contribution in [0.4, 0.5) is 0 Å². The van der Waals surface area contributed by atoms with Gasteiger partial charge in [0, 0.05) is 6.04 Å². The third-order valence-electron chi connectivity index (χ3n) is 3.12. The molecule has 0 spiro atoms. The van der Waals surface area contributed by atoms with E-state index in [0.717, 1.165) is 17.1 Å². The number of hydrogen-bond donors (Lipinski definition) is 2. The fourth-order valence-corrected chi connectivity index (χ4v) is 1.68. The van der Waals surface area contributed by atoms with E-state index < -0.39 is 0 Å². The lowest BCUT2D eigenvalue weighted by molar-refractivity contribution is 0.174. The molecule has 1 unspecified atom stereocenters. The highest BCUT2D eigenvalue weighted by molar-refractivity contribution is 5.45. The largest absolute Gasteiger partial charge is 0.454 e. The van der Waals surface area contributed by atoms with Gasteiger partial charge in [0.1, 0.15) is 0 Å². The topological polar surface area (TPSA) is 70.5 Å². The second-order valence-electron chi connectivity index (χ2n) is 4.78. The molecule has 0 radical (unpaired) electrons. The normalized spacial score (nSPS) is 16.2. The molecule has 0 saturated carbocycles. The SMILES string of the molecule is CC(C)(CN)C(N)c1ccc2c(c1)OCO2. The molecule has 0 amide bonds. The summed E-state index contributed by atoms with van der Waals surface area (Å²) in [6, 6.07) is 5.69. The van der Waals surface area contributed by atoms with E-state index in [4.69, 9.17) is 20.9 Å². The van der Waals surface area contributed by atoms with Gasteiger partial charge in [0.2, 0.25) is 6.79 Å². The van der Waals surface area contributed by atoms with Crippen molar-refractivity contribution in [1.29, 1.82) is 0 Å². The molecule has 4 nitrogen and oxygen atoms in total. The van der Waals surface area contributed by atoms with E-state index in [1.54, 1.807) is 0 Å². The third kappa shape index (κ3) is 1.86. The van der Waals surface area contributed by atoms with Crippen molar-refractivity contribution in [3.63, 3.8) is 0 Å². The average Bonchev–Trinajstić information content (AvgIpc) is 2.74. The molecule has 0 aromatic heterocycles. The van der Waals surface area contributed by atoms with Crippen molar-refractivity contribution in [2.45, 2.75) is 19.9 Å². The van der Waals surface area contributed by atoms with Gasteiger partial charge in [0.25, 0.3) is 0 Å². The second-order valence-corrected chi connectivity index (χ2v) is 4.78. The molecule has 1 aromatic rings. The van der Waals surface area contributed by atoms with Crippen LogP contribution in [-0.2, 0) is 0 Å². The van der Waals surface area contributed by atoms with E-state index in [2.05, 4.69) is 13.8 Å². The molecule has 0 bridgehead atoms. The number of nitrogens with two attached hydrogens (primary N) is 2. The minimum atomic E-state index is -0.131. The number of ether oxygens (including phenoxy) is 2. The molecular weight excluding hydrogens is 204 g/mol. The highest BCUT2D eigenvalue weighted by Crippen LogP contribution is 2.37. The van der Waals surface area contributed by atoms with Crippen LogP contribution in [0.2, 0.25) is 0 Å². The summed E-state index contributed by atoms with van der Waals surface area (Å²) in [6.07, 6.45) is 0. The molecule has 4 heteroatoms. The van der Waals surface area contributed by atoms with Gasteiger partial charge in [-0.1, -0.05) is 19.9 Å². The van der Waals surface area contributed by atoms with Crippen LogP contribution in [0, 0.1) is 5.41 Å². The summed E-state index contributed by atoms with van der Waals surface area (Å²) in [5.74, 6) is 1.54. The van der Waals surface area contributed by atoms with Crippen LogP contribution in [0.1, 0.15) is 25.5 Å². The predicted octanol–water partition coefficient (Wildman–Crippen LogP) is 1.40. The van der Waals surface area contributed by atoms with Crippen molar-refractivity contribution < 1.29 is 9.47 Å². The second kappa shape index (κ2) is 3.96. The van der Waals surface area contributed by atoms with Crippen molar-refractivity contribution in [2.24, 2.45) is 16.9 Å². The van der Waals surface area contributed by atoms with Gasteiger partial charge in [-0.05, 0) is 29.7 Å². The molecule has 1 heterocycles. The highest BCUT2D eigenvalue weighted by atomic mass is 16.7. The van der Waals surface area contributed by atoms with Gasteiger partial charge in [-0.25, -0.2) is 0 Å². The molecule has 88 valence electrons. The van der Waals surface area contributed by atoms with Gasteiger partial charge >= 0.3 is 0 Å². The zero-order valence-corrected chi connectivity index (χ0v) is 9.69. The molecule has 0 fully saturated rings. The molecule has 4 N–H and O–H groups in total. The highest BCUT2D eigenvalue weighted by Gasteiger charge is 2.27. The molecular formula is C12H18N2O2. The fourth-order valence-electron chi connectivity index (χ4n) is 1.68. The Balaban J connectivity index is 2.28. The Labute approximate surface area is 95.5 Å². The zero-order chi connectivity index (χ0) is 11.8. The lowest BCUT2D eigenvalue weighted by Crippen LogP contribution is -2.35. The van der Waals surface area contributed by atoms with Crippen molar-refractivity contribution in [2.75, 3.05) is 13.3 Å². The Morgan fingerprint density at radius 2 is 2.00 bits per heavy atom. The van der Waals surface area contributed by atoms with Crippen LogP contribution < -0.4 is 20.9 Å². The maximum atomic E-state index is 6.20. The van der Waals surface area contributed by atoms with E-state index in [1.807, 2.05) is 18.2 Å². The molecule has 16 heavy (non-hydrogen) atoms. The van der Waals surface area contributed by atoms with E-state index in [9.17, 15) is 0 Å². The molecule has 1 aromatic carbocycles.